The maximum absolute atomic E-state index is 2.26. The summed E-state index contributed by atoms with van der Waals surface area (Å²) < 4.78 is 0. The van der Waals surface area contributed by atoms with Crippen molar-refractivity contribution in [1.29, 1.82) is 0 Å². The minimum atomic E-state index is 0. The Hall–Kier alpha value is 1.10. The molecule has 0 heterocycles. The van der Waals surface area contributed by atoms with E-state index in [0.717, 1.165) is 0 Å². The van der Waals surface area contributed by atoms with Crippen LogP contribution in [0.1, 0.15) is 52.9 Å². The van der Waals surface area contributed by atoms with Crippen molar-refractivity contribution in [3.05, 3.63) is 5.92 Å². The first kappa shape index (κ1) is 13.7. The standard InChI is InChI=1S/C9H19.Y/c1-4-7-8-9(5-2)6-3;/h4-8H2,1-3H3;/q-1;. The van der Waals surface area contributed by atoms with Gasteiger partial charge in [-0.25, -0.2) is 0 Å². The van der Waals surface area contributed by atoms with Gasteiger partial charge in [0.25, 0.3) is 0 Å². The zero-order valence-corrected chi connectivity index (χ0v) is 10.5. The molecule has 0 bridgehead atoms. The molecule has 0 fully saturated rings. The second kappa shape index (κ2) is 10.1. The minimum Gasteiger partial charge on any atom is -0.314 e. The maximum atomic E-state index is 2.26. The zero-order valence-electron chi connectivity index (χ0n) is 7.61. The average Bonchev–Trinajstić information content (AvgIpc) is 1.91. The molecule has 0 aliphatic rings. The van der Waals surface area contributed by atoms with Crippen molar-refractivity contribution in [2.45, 2.75) is 52.9 Å². The molecule has 0 aromatic carbocycles. The van der Waals surface area contributed by atoms with Gasteiger partial charge in [0.15, 0.2) is 0 Å². The van der Waals surface area contributed by atoms with Gasteiger partial charge in [-0.3, -0.25) is 0 Å². The second-order valence-electron chi connectivity index (χ2n) is 2.56. The van der Waals surface area contributed by atoms with Gasteiger partial charge < -0.3 is 5.92 Å². The fourth-order valence-electron chi connectivity index (χ4n) is 1.03. The van der Waals surface area contributed by atoms with Gasteiger partial charge in [-0.1, -0.05) is 33.6 Å². The molecule has 0 saturated carbocycles. The van der Waals surface area contributed by atoms with Crippen molar-refractivity contribution in [2.75, 3.05) is 0 Å². The number of hydrogen-bond acceptors (Lipinski definition) is 0. The molecule has 0 aromatic rings. The molecule has 1 radical (unpaired) electrons. The first-order valence-electron chi connectivity index (χ1n) is 4.18. The van der Waals surface area contributed by atoms with Crippen LogP contribution in [0.3, 0.4) is 0 Å². The summed E-state index contributed by atoms with van der Waals surface area (Å²) in [5.74, 6) is 1.73. The Labute approximate surface area is 91.0 Å². The Kier molecular flexibility index (Phi) is 13.8. The number of unbranched alkanes of at least 4 members (excludes halogenated alkanes) is 1. The van der Waals surface area contributed by atoms with Crippen molar-refractivity contribution < 1.29 is 32.7 Å². The van der Waals surface area contributed by atoms with Crippen LogP contribution in [0.25, 0.3) is 0 Å². The Morgan fingerprint density at radius 3 is 1.80 bits per heavy atom. The van der Waals surface area contributed by atoms with E-state index in [-0.39, 0.29) is 32.7 Å². The van der Waals surface area contributed by atoms with Gasteiger partial charge in [-0.15, -0.1) is 0 Å². The first-order chi connectivity index (χ1) is 4.35. The Bertz CT molecular complexity index is 48.7. The van der Waals surface area contributed by atoms with Crippen LogP contribution in [-0.2, 0) is 32.7 Å². The van der Waals surface area contributed by atoms with Gasteiger partial charge in [-0.2, -0.15) is 19.3 Å². The molecule has 0 N–H and O–H groups in total. The van der Waals surface area contributed by atoms with E-state index in [4.69, 9.17) is 0 Å². The number of rotatable bonds is 5. The predicted octanol–water partition coefficient (Wildman–Crippen LogP) is 3.57. The normalized spacial score (nSPS) is 9.60. The topological polar surface area (TPSA) is 0 Å². The monoisotopic (exact) mass is 216 g/mol. The fraction of sp³-hybridized carbons (Fsp3) is 0.889. The summed E-state index contributed by atoms with van der Waals surface area (Å²) in [6.07, 6.45) is 6.66. The molecule has 0 spiro atoms. The van der Waals surface area contributed by atoms with E-state index in [1.54, 1.807) is 5.92 Å². The maximum Gasteiger partial charge on any atom is 0 e. The van der Waals surface area contributed by atoms with E-state index in [1.165, 1.54) is 32.1 Å². The van der Waals surface area contributed by atoms with E-state index in [0.29, 0.717) is 0 Å². The van der Waals surface area contributed by atoms with Crippen LogP contribution in [0.4, 0.5) is 0 Å². The third kappa shape index (κ3) is 7.21. The first-order valence-corrected chi connectivity index (χ1v) is 4.18. The molecule has 10 heavy (non-hydrogen) atoms. The SMILES string of the molecule is CCCC[C-](CC)CC.[Y]. The Morgan fingerprint density at radius 2 is 1.50 bits per heavy atom. The molecule has 59 valence electrons. The minimum absolute atomic E-state index is 0. The quantitative estimate of drug-likeness (QED) is 0.616. The summed E-state index contributed by atoms with van der Waals surface area (Å²) in [4.78, 5) is 0. The predicted molar refractivity (Wildman–Crippen MR) is 43.4 cm³/mol. The van der Waals surface area contributed by atoms with Crippen molar-refractivity contribution >= 4 is 0 Å². The van der Waals surface area contributed by atoms with Crippen LogP contribution in [0.5, 0.6) is 0 Å². The summed E-state index contributed by atoms with van der Waals surface area (Å²) in [6, 6.07) is 0. The van der Waals surface area contributed by atoms with Gasteiger partial charge in [-0.05, 0) is 0 Å². The average molecular weight is 216 g/mol. The van der Waals surface area contributed by atoms with Crippen LogP contribution in [0, 0.1) is 5.92 Å². The molecule has 0 rings (SSSR count). The summed E-state index contributed by atoms with van der Waals surface area (Å²) in [6.45, 7) is 6.77. The summed E-state index contributed by atoms with van der Waals surface area (Å²) in [5.41, 5.74) is 0. The molecule has 0 saturated heterocycles. The smallest absolute Gasteiger partial charge is 0 e. The van der Waals surface area contributed by atoms with E-state index in [9.17, 15) is 0 Å². The summed E-state index contributed by atoms with van der Waals surface area (Å²) in [5, 5.41) is 0. The third-order valence-electron chi connectivity index (χ3n) is 1.88. The largest absolute Gasteiger partial charge is 0.314 e. The Morgan fingerprint density at radius 1 is 1.00 bits per heavy atom. The van der Waals surface area contributed by atoms with Crippen LogP contribution in [0.15, 0.2) is 0 Å². The summed E-state index contributed by atoms with van der Waals surface area (Å²) >= 11 is 0. The molecule has 0 aromatic heterocycles. The molecule has 0 nitrogen and oxygen atoms in total. The molecule has 0 aliphatic carbocycles. The van der Waals surface area contributed by atoms with Gasteiger partial charge in [0.1, 0.15) is 0 Å². The number of hydrogen-bond donors (Lipinski definition) is 0. The van der Waals surface area contributed by atoms with Crippen LogP contribution in [-0.4, -0.2) is 0 Å². The van der Waals surface area contributed by atoms with Gasteiger partial charge in [0.05, 0.1) is 0 Å². The zero-order chi connectivity index (χ0) is 7.11. The molecule has 0 aliphatic heterocycles. The Balaban J connectivity index is 0. The van der Waals surface area contributed by atoms with Gasteiger partial charge in [0.2, 0.25) is 0 Å². The molecule has 0 unspecified atom stereocenters. The summed E-state index contributed by atoms with van der Waals surface area (Å²) in [7, 11) is 0. The van der Waals surface area contributed by atoms with E-state index >= 15 is 0 Å². The van der Waals surface area contributed by atoms with Crippen molar-refractivity contribution in [3.8, 4) is 0 Å². The van der Waals surface area contributed by atoms with Crippen LogP contribution < -0.4 is 0 Å². The van der Waals surface area contributed by atoms with Crippen molar-refractivity contribution in [1.82, 2.24) is 0 Å². The van der Waals surface area contributed by atoms with Crippen molar-refractivity contribution in [2.24, 2.45) is 0 Å². The van der Waals surface area contributed by atoms with E-state index in [1.807, 2.05) is 0 Å². The second-order valence-corrected chi connectivity index (χ2v) is 2.56. The van der Waals surface area contributed by atoms with Crippen LogP contribution in [0.2, 0.25) is 0 Å². The molecule has 0 atom stereocenters. The van der Waals surface area contributed by atoms with Crippen LogP contribution >= 0.6 is 0 Å². The van der Waals surface area contributed by atoms with E-state index < -0.39 is 0 Å². The van der Waals surface area contributed by atoms with Gasteiger partial charge in [0, 0.05) is 32.7 Å². The third-order valence-corrected chi connectivity index (χ3v) is 1.88. The molecule has 0 amide bonds. The molecule has 1 heteroatoms. The van der Waals surface area contributed by atoms with Crippen molar-refractivity contribution in [3.63, 3.8) is 0 Å². The molecular weight excluding hydrogens is 197 g/mol. The molecular formula is C9H19Y-. The van der Waals surface area contributed by atoms with Gasteiger partial charge >= 0.3 is 0 Å². The van der Waals surface area contributed by atoms with E-state index in [2.05, 4.69) is 20.8 Å². The fourth-order valence-corrected chi connectivity index (χ4v) is 1.03.